The molecule has 0 saturated carbocycles. The Morgan fingerprint density at radius 1 is 1.46 bits per heavy atom. The number of hydrogen-bond acceptors (Lipinski definition) is 6. The third-order valence-corrected chi connectivity index (χ3v) is 4.44. The molecule has 0 bridgehead atoms. The van der Waals surface area contributed by atoms with Crippen molar-refractivity contribution in [1.29, 1.82) is 5.26 Å². The van der Waals surface area contributed by atoms with Crippen LogP contribution in [-0.2, 0) is 14.3 Å². The number of phenolic OH excluding ortho intramolecular Hbond substituents is 1. The van der Waals surface area contributed by atoms with Gasteiger partial charge in [0, 0.05) is 12.3 Å². The van der Waals surface area contributed by atoms with Crippen LogP contribution in [0.4, 0.5) is 0 Å². The lowest BCUT2D eigenvalue weighted by molar-refractivity contribution is -0.140. The summed E-state index contributed by atoms with van der Waals surface area (Å²) in [4.78, 5) is 23.6. The predicted molar refractivity (Wildman–Crippen MR) is 90.0 cm³/mol. The number of nitriles is 1. The highest BCUT2D eigenvalue weighted by molar-refractivity contribution is 8.03. The number of hydrogen-bond donors (Lipinski definition) is 2. The number of nitrogens with zero attached hydrogens (tertiary/aromatic N) is 1. The van der Waals surface area contributed by atoms with Crippen LogP contribution in [-0.4, -0.2) is 29.3 Å². The molecule has 1 amide bonds. The van der Waals surface area contributed by atoms with E-state index in [-0.39, 0.29) is 29.8 Å². The van der Waals surface area contributed by atoms with E-state index in [2.05, 4.69) is 11.4 Å². The first-order chi connectivity index (χ1) is 11.5. The summed E-state index contributed by atoms with van der Waals surface area (Å²) in [6.45, 7) is 2.26. The fraction of sp³-hybridized carbons (Fsp3) is 0.353. The van der Waals surface area contributed by atoms with E-state index in [1.165, 1.54) is 12.1 Å². The molecule has 2 rings (SSSR count). The average molecular weight is 346 g/mol. The SMILES string of the molecule is CCCOC(=O)CSC1=C(C#N)[C@H](c2ccc(O)cc2)CC(=O)N1. The lowest BCUT2D eigenvalue weighted by Gasteiger charge is -2.25. The Kier molecular flexibility index (Phi) is 6.27. The normalized spacial score (nSPS) is 17.2. The molecular weight excluding hydrogens is 328 g/mol. The molecule has 126 valence electrons. The van der Waals surface area contributed by atoms with E-state index >= 15 is 0 Å². The highest BCUT2D eigenvalue weighted by Gasteiger charge is 2.29. The maximum Gasteiger partial charge on any atom is 0.316 e. The van der Waals surface area contributed by atoms with E-state index in [0.29, 0.717) is 17.2 Å². The molecule has 1 aliphatic rings. The summed E-state index contributed by atoms with van der Waals surface area (Å²) in [6.07, 6.45) is 0.889. The molecule has 1 aromatic carbocycles. The first kappa shape index (κ1) is 17.9. The number of rotatable bonds is 6. The second-order valence-electron chi connectivity index (χ2n) is 5.26. The number of carbonyl (C=O) groups is 2. The number of esters is 1. The summed E-state index contributed by atoms with van der Waals surface area (Å²) in [6, 6.07) is 8.55. The molecule has 1 heterocycles. The molecule has 1 aromatic rings. The van der Waals surface area contributed by atoms with Crippen LogP contribution in [0.25, 0.3) is 0 Å². The van der Waals surface area contributed by atoms with E-state index in [0.717, 1.165) is 23.7 Å². The molecule has 7 heteroatoms. The minimum Gasteiger partial charge on any atom is -0.508 e. The second kappa shape index (κ2) is 8.41. The minimum atomic E-state index is -0.390. The van der Waals surface area contributed by atoms with Crippen molar-refractivity contribution in [2.75, 3.05) is 12.4 Å². The van der Waals surface area contributed by atoms with E-state index in [1.807, 2.05) is 6.92 Å². The summed E-state index contributed by atoms with van der Waals surface area (Å²) in [7, 11) is 0. The molecule has 0 unspecified atom stereocenters. The standard InChI is InChI=1S/C17H18N2O4S/c1-2-7-23-16(22)10-24-17-14(9-18)13(8-15(21)19-17)11-3-5-12(20)6-4-11/h3-6,13,20H,2,7-8,10H2,1H3,(H,19,21)/t13-/m0/s1. The van der Waals surface area contributed by atoms with Crippen molar-refractivity contribution in [3.63, 3.8) is 0 Å². The van der Waals surface area contributed by atoms with Gasteiger partial charge in [-0.05, 0) is 24.1 Å². The van der Waals surface area contributed by atoms with E-state index in [4.69, 9.17) is 4.74 Å². The molecule has 24 heavy (non-hydrogen) atoms. The van der Waals surface area contributed by atoms with E-state index in [9.17, 15) is 20.0 Å². The van der Waals surface area contributed by atoms with Crippen molar-refractivity contribution in [2.45, 2.75) is 25.7 Å². The van der Waals surface area contributed by atoms with Gasteiger partial charge < -0.3 is 15.2 Å². The van der Waals surface area contributed by atoms with Crippen molar-refractivity contribution in [3.8, 4) is 11.8 Å². The Labute approximate surface area is 144 Å². The fourth-order valence-electron chi connectivity index (χ4n) is 2.31. The van der Waals surface area contributed by atoms with Crippen LogP contribution in [0.3, 0.4) is 0 Å². The van der Waals surface area contributed by atoms with Crippen LogP contribution in [0.15, 0.2) is 34.9 Å². The largest absolute Gasteiger partial charge is 0.508 e. The van der Waals surface area contributed by atoms with Crippen molar-refractivity contribution in [1.82, 2.24) is 5.32 Å². The van der Waals surface area contributed by atoms with E-state index in [1.54, 1.807) is 12.1 Å². The number of benzene rings is 1. The summed E-state index contributed by atoms with van der Waals surface area (Å²) < 4.78 is 5.00. The van der Waals surface area contributed by atoms with Crippen LogP contribution < -0.4 is 5.32 Å². The lowest BCUT2D eigenvalue weighted by atomic mass is 9.87. The topological polar surface area (TPSA) is 99.4 Å². The quantitative estimate of drug-likeness (QED) is 0.768. The Morgan fingerprint density at radius 3 is 2.79 bits per heavy atom. The van der Waals surface area contributed by atoms with Gasteiger partial charge in [-0.2, -0.15) is 5.26 Å². The Bertz CT molecular complexity index is 692. The van der Waals surface area contributed by atoms with Gasteiger partial charge in [-0.1, -0.05) is 30.8 Å². The van der Waals surface area contributed by atoms with Gasteiger partial charge in [0.2, 0.25) is 5.91 Å². The highest BCUT2D eigenvalue weighted by Crippen LogP contribution is 2.36. The molecule has 2 N–H and O–H groups in total. The van der Waals surface area contributed by atoms with Gasteiger partial charge >= 0.3 is 5.97 Å². The molecule has 0 saturated heterocycles. The van der Waals surface area contributed by atoms with Crippen molar-refractivity contribution in [3.05, 3.63) is 40.4 Å². The van der Waals surface area contributed by atoms with Gasteiger partial charge in [0.1, 0.15) is 5.75 Å². The number of thioether (sulfide) groups is 1. The highest BCUT2D eigenvalue weighted by atomic mass is 32.2. The molecule has 0 aromatic heterocycles. The van der Waals surface area contributed by atoms with Crippen molar-refractivity contribution in [2.24, 2.45) is 0 Å². The maximum atomic E-state index is 12.0. The zero-order valence-corrected chi connectivity index (χ0v) is 14.1. The molecule has 6 nitrogen and oxygen atoms in total. The number of phenols is 1. The third-order valence-electron chi connectivity index (χ3n) is 3.45. The Balaban J connectivity index is 2.19. The number of carbonyl (C=O) groups excluding carboxylic acids is 2. The zero-order valence-electron chi connectivity index (χ0n) is 13.2. The summed E-state index contributed by atoms with van der Waals surface area (Å²) in [5, 5.41) is 21.9. The molecule has 1 atom stereocenters. The monoisotopic (exact) mass is 346 g/mol. The van der Waals surface area contributed by atoms with Gasteiger partial charge in [-0.15, -0.1) is 0 Å². The summed E-state index contributed by atoms with van der Waals surface area (Å²) in [5.41, 5.74) is 1.18. The number of ether oxygens (including phenoxy) is 1. The van der Waals surface area contributed by atoms with Crippen molar-refractivity contribution >= 4 is 23.6 Å². The molecule has 0 radical (unpaired) electrons. The smallest absolute Gasteiger partial charge is 0.316 e. The Morgan fingerprint density at radius 2 is 2.17 bits per heavy atom. The molecule has 1 aliphatic heterocycles. The fourth-order valence-corrected chi connectivity index (χ4v) is 3.19. The first-order valence-electron chi connectivity index (χ1n) is 7.56. The second-order valence-corrected chi connectivity index (χ2v) is 6.25. The van der Waals surface area contributed by atoms with Crippen LogP contribution in [0, 0.1) is 11.3 Å². The third kappa shape index (κ3) is 4.52. The molecule has 0 fully saturated rings. The number of amides is 1. The van der Waals surface area contributed by atoms with Gasteiger partial charge in [0.15, 0.2) is 0 Å². The van der Waals surface area contributed by atoms with E-state index < -0.39 is 5.92 Å². The summed E-state index contributed by atoms with van der Waals surface area (Å²) in [5.74, 6) is -0.833. The first-order valence-corrected chi connectivity index (χ1v) is 8.55. The van der Waals surface area contributed by atoms with Gasteiger partial charge in [-0.25, -0.2) is 0 Å². The minimum absolute atomic E-state index is 0.0308. The zero-order chi connectivity index (χ0) is 17.5. The molecular formula is C17H18N2O4S. The maximum absolute atomic E-state index is 12.0. The van der Waals surface area contributed by atoms with Crippen LogP contribution in [0.5, 0.6) is 5.75 Å². The van der Waals surface area contributed by atoms with Crippen LogP contribution in [0.2, 0.25) is 0 Å². The van der Waals surface area contributed by atoms with Gasteiger partial charge in [0.05, 0.1) is 29.0 Å². The van der Waals surface area contributed by atoms with Crippen LogP contribution >= 0.6 is 11.8 Å². The number of aromatic hydroxyl groups is 1. The van der Waals surface area contributed by atoms with Gasteiger partial charge in [0.25, 0.3) is 0 Å². The molecule has 0 aliphatic carbocycles. The predicted octanol–water partition coefficient (Wildman–Crippen LogP) is 2.42. The van der Waals surface area contributed by atoms with Crippen LogP contribution in [0.1, 0.15) is 31.2 Å². The number of allylic oxidation sites excluding steroid dienone is 1. The molecule has 0 spiro atoms. The Hall–Kier alpha value is -2.46. The lowest BCUT2D eigenvalue weighted by Crippen LogP contribution is -2.31. The van der Waals surface area contributed by atoms with Crippen molar-refractivity contribution < 1.29 is 19.4 Å². The number of nitrogens with one attached hydrogen (secondary N) is 1. The van der Waals surface area contributed by atoms with Gasteiger partial charge in [-0.3, -0.25) is 9.59 Å². The average Bonchev–Trinajstić information content (AvgIpc) is 2.58. The summed E-state index contributed by atoms with van der Waals surface area (Å²) >= 11 is 1.10.